The molecule has 3 nitrogen and oxygen atoms in total. The summed E-state index contributed by atoms with van der Waals surface area (Å²) in [5, 5.41) is 3.26. The van der Waals surface area contributed by atoms with Gasteiger partial charge in [-0.2, -0.15) is 0 Å². The van der Waals surface area contributed by atoms with Crippen molar-refractivity contribution >= 4 is 21.8 Å². The average molecular weight is 322 g/mol. The van der Waals surface area contributed by atoms with Gasteiger partial charge in [0.15, 0.2) is 11.6 Å². The maximum Gasteiger partial charge on any atom is 0.254 e. The van der Waals surface area contributed by atoms with Gasteiger partial charge < -0.3 is 10.1 Å². The first kappa shape index (κ1) is 15.0. The second-order valence-electron chi connectivity index (χ2n) is 3.51. The van der Waals surface area contributed by atoms with Crippen LogP contribution in [0.2, 0.25) is 0 Å². The molecule has 1 aromatic rings. The molecule has 1 N–H and O–H groups in total. The van der Waals surface area contributed by atoms with Crippen molar-refractivity contribution in [3.63, 3.8) is 0 Å². The quantitative estimate of drug-likeness (QED) is 0.619. The van der Waals surface area contributed by atoms with Crippen LogP contribution in [0.15, 0.2) is 18.2 Å². The number of hydrogen-bond donors (Lipinski definition) is 1. The van der Waals surface area contributed by atoms with Crippen molar-refractivity contribution in [2.24, 2.45) is 0 Å². The minimum Gasteiger partial charge on any atom is -0.381 e. The molecule has 0 aromatic heterocycles. The molecule has 0 heterocycles. The molecule has 0 unspecified atom stereocenters. The van der Waals surface area contributed by atoms with Gasteiger partial charge in [0, 0.05) is 18.5 Å². The van der Waals surface area contributed by atoms with E-state index in [0.717, 1.165) is 11.4 Å². The molecule has 1 amide bonds. The van der Waals surface area contributed by atoms with Crippen LogP contribution in [0.5, 0.6) is 0 Å². The SMILES string of the molecule is O=C(NCCCOCCBr)c1cccc(F)c1F. The monoisotopic (exact) mass is 321 g/mol. The Bertz CT molecular complexity index is 402. The van der Waals surface area contributed by atoms with Crippen molar-refractivity contribution in [3.05, 3.63) is 35.4 Å². The number of carbonyl (C=O) groups excluding carboxylic acids is 1. The van der Waals surface area contributed by atoms with Gasteiger partial charge in [-0.3, -0.25) is 4.79 Å². The van der Waals surface area contributed by atoms with Crippen LogP contribution in [0.3, 0.4) is 0 Å². The highest BCUT2D eigenvalue weighted by molar-refractivity contribution is 9.09. The Hall–Kier alpha value is -1.01. The topological polar surface area (TPSA) is 38.3 Å². The van der Waals surface area contributed by atoms with Crippen LogP contribution in [0, 0.1) is 11.6 Å². The van der Waals surface area contributed by atoms with E-state index in [1.165, 1.54) is 12.1 Å². The summed E-state index contributed by atoms with van der Waals surface area (Å²) >= 11 is 3.22. The summed E-state index contributed by atoms with van der Waals surface area (Å²) in [7, 11) is 0. The van der Waals surface area contributed by atoms with E-state index in [1.807, 2.05) is 0 Å². The number of hydrogen-bond acceptors (Lipinski definition) is 2. The van der Waals surface area contributed by atoms with Crippen LogP contribution in [-0.2, 0) is 4.74 Å². The highest BCUT2D eigenvalue weighted by atomic mass is 79.9. The lowest BCUT2D eigenvalue weighted by Gasteiger charge is -2.06. The van der Waals surface area contributed by atoms with Gasteiger partial charge >= 0.3 is 0 Å². The minimum atomic E-state index is -1.12. The van der Waals surface area contributed by atoms with E-state index in [1.54, 1.807) is 0 Å². The first-order chi connectivity index (χ1) is 8.66. The molecule has 0 spiro atoms. The zero-order valence-corrected chi connectivity index (χ0v) is 11.3. The molecule has 0 aliphatic heterocycles. The number of rotatable bonds is 7. The van der Waals surface area contributed by atoms with Gasteiger partial charge in [0.1, 0.15) is 0 Å². The molecular weight excluding hydrogens is 308 g/mol. The maximum atomic E-state index is 13.3. The molecule has 0 atom stereocenters. The van der Waals surface area contributed by atoms with Crippen LogP contribution in [-0.4, -0.2) is 31.0 Å². The molecule has 0 saturated heterocycles. The fraction of sp³-hybridized carbons (Fsp3) is 0.417. The summed E-state index contributed by atoms with van der Waals surface area (Å²) in [5.74, 6) is -2.76. The number of alkyl halides is 1. The standard InChI is InChI=1S/C12H14BrF2NO2/c13-5-8-18-7-2-6-16-12(17)9-3-1-4-10(14)11(9)15/h1,3-4H,2,5-8H2,(H,16,17). The molecular formula is C12H14BrF2NO2. The third-order valence-electron chi connectivity index (χ3n) is 2.17. The molecule has 100 valence electrons. The van der Waals surface area contributed by atoms with Gasteiger partial charge in [0.25, 0.3) is 5.91 Å². The number of amides is 1. The molecule has 6 heteroatoms. The molecule has 0 saturated carbocycles. The number of benzene rings is 1. The summed E-state index contributed by atoms with van der Waals surface area (Å²) in [5.41, 5.74) is -0.281. The van der Waals surface area contributed by atoms with E-state index in [9.17, 15) is 13.6 Å². The molecule has 1 aromatic carbocycles. The summed E-state index contributed by atoms with van der Waals surface area (Å²) in [6.45, 7) is 1.47. The van der Waals surface area contributed by atoms with Gasteiger partial charge in [-0.1, -0.05) is 22.0 Å². The van der Waals surface area contributed by atoms with Crippen molar-refractivity contribution in [1.82, 2.24) is 5.32 Å². The van der Waals surface area contributed by atoms with E-state index in [4.69, 9.17) is 4.74 Å². The summed E-state index contributed by atoms with van der Waals surface area (Å²) < 4.78 is 31.3. The lowest BCUT2D eigenvalue weighted by molar-refractivity contribution is 0.0939. The lowest BCUT2D eigenvalue weighted by atomic mass is 10.2. The fourth-order valence-electron chi connectivity index (χ4n) is 1.31. The highest BCUT2D eigenvalue weighted by Gasteiger charge is 2.14. The molecule has 0 fully saturated rings. The normalized spacial score (nSPS) is 10.4. The third-order valence-corrected chi connectivity index (χ3v) is 2.49. The Kier molecular flexibility index (Phi) is 6.82. The third kappa shape index (κ3) is 4.70. The van der Waals surface area contributed by atoms with E-state index in [-0.39, 0.29) is 5.56 Å². The van der Waals surface area contributed by atoms with Crippen molar-refractivity contribution in [2.45, 2.75) is 6.42 Å². The van der Waals surface area contributed by atoms with Gasteiger partial charge in [0.2, 0.25) is 0 Å². The predicted molar refractivity (Wildman–Crippen MR) is 67.9 cm³/mol. The molecule has 0 bridgehead atoms. The smallest absolute Gasteiger partial charge is 0.254 e. The molecule has 0 aliphatic carbocycles. The molecule has 1 rings (SSSR count). The average Bonchev–Trinajstić information content (AvgIpc) is 2.36. The predicted octanol–water partition coefficient (Wildman–Crippen LogP) is 2.50. The van der Waals surface area contributed by atoms with E-state index in [2.05, 4.69) is 21.2 Å². The molecule has 0 radical (unpaired) electrons. The largest absolute Gasteiger partial charge is 0.381 e. The summed E-state index contributed by atoms with van der Waals surface area (Å²) in [6.07, 6.45) is 0.621. The van der Waals surface area contributed by atoms with Crippen LogP contribution < -0.4 is 5.32 Å². The first-order valence-electron chi connectivity index (χ1n) is 5.52. The van der Waals surface area contributed by atoms with Gasteiger partial charge in [-0.15, -0.1) is 0 Å². The Morgan fingerprint density at radius 2 is 2.11 bits per heavy atom. The van der Waals surface area contributed by atoms with Gasteiger partial charge in [-0.05, 0) is 18.6 Å². The van der Waals surface area contributed by atoms with Crippen LogP contribution >= 0.6 is 15.9 Å². The van der Waals surface area contributed by atoms with E-state index in [0.29, 0.717) is 26.2 Å². The number of carbonyl (C=O) groups is 1. The van der Waals surface area contributed by atoms with Crippen molar-refractivity contribution in [3.8, 4) is 0 Å². The number of ether oxygens (including phenoxy) is 1. The Morgan fingerprint density at radius 3 is 2.83 bits per heavy atom. The van der Waals surface area contributed by atoms with E-state index >= 15 is 0 Å². The lowest BCUT2D eigenvalue weighted by Crippen LogP contribution is -2.26. The number of nitrogens with one attached hydrogen (secondary N) is 1. The zero-order valence-electron chi connectivity index (χ0n) is 9.72. The van der Waals surface area contributed by atoms with Crippen LogP contribution in [0.1, 0.15) is 16.8 Å². The Morgan fingerprint density at radius 1 is 1.33 bits per heavy atom. The number of halogens is 3. The first-order valence-corrected chi connectivity index (χ1v) is 6.65. The van der Waals surface area contributed by atoms with Crippen LogP contribution in [0.25, 0.3) is 0 Å². The van der Waals surface area contributed by atoms with Gasteiger partial charge in [-0.25, -0.2) is 8.78 Å². The minimum absolute atomic E-state index is 0.281. The highest BCUT2D eigenvalue weighted by Crippen LogP contribution is 2.10. The Labute approximate surface area is 113 Å². The second-order valence-corrected chi connectivity index (χ2v) is 4.31. The summed E-state index contributed by atoms with van der Waals surface area (Å²) in [4.78, 5) is 11.5. The molecule has 0 aliphatic rings. The molecule has 18 heavy (non-hydrogen) atoms. The maximum absolute atomic E-state index is 13.3. The summed E-state index contributed by atoms with van der Waals surface area (Å²) in [6, 6.07) is 3.52. The van der Waals surface area contributed by atoms with Gasteiger partial charge in [0.05, 0.1) is 12.2 Å². The van der Waals surface area contributed by atoms with Crippen molar-refractivity contribution in [1.29, 1.82) is 0 Å². The van der Waals surface area contributed by atoms with Crippen LogP contribution in [0.4, 0.5) is 8.78 Å². The van der Waals surface area contributed by atoms with Crippen molar-refractivity contribution < 1.29 is 18.3 Å². The second kappa shape index (κ2) is 8.16. The fourth-order valence-corrected chi connectivity index (χ4v) is 1.54. The zero-order chi connectivity index (χ0) is 13.4. The Balaban J connectivity index is 2.35. The van der Waals surface area contributed by atoms with E-state index < -0.39 is 17.5 Å². The van der Waals surface area contributed by atoms with Crippen molar-refractivity contribution in [2.75, 3.05) is 25.1 Å².